The molecule has 0 bridgehead atoms. The number of carboxylic acids is 3. The molecular weight excluding hydrogens is 833 g/mol. The van der Waals surface area contributed by atoms with E-state index in [1.165, 1.54) is 212 Å². The van der Waals surface area contributed by atoms with Gasteiger partial charge in [-0.15, -0.1) is 0 Å². The van der Waals surface area contributed by atoms with Gasteiger partial charge in [-0.25, -0.2) is 0 Å². The van der Waals surface area contributed by atoms with Gasteiger partial charge in [0.05, 0.1) is 0 Å². The van der Waals surface area contributed by atoms with E-state index >= 15 is 0 Å². The fourth-order valence-corrected chi connectivity index (χ4v) is 7.04. The molecule has 3 N–H and O–H groups in total. The summed E-state index contributed by atoms with van der Waals surface area (Å²) in [5, 5.41) is 25.5. The summed E-state index contributed by atoms with van der Waals surface area (Å²) in [4.78, 5) is 31.0. The van der Waals surface area contributed by atoms with Gasteiger partial charge in [0.2, 0.25) is 0 Å². The Labute approximate surface area is 404 Å². The maximum Gasteiger partial charge on any atom is 0.303 e. The third-order valence-electron chi connectivity index (χ3n) is 11.0. The maximum absolute atomic E-state index is 10.3. The Hall–Kier alpha value is -1.27. The van der Waals surface area contributed by atoms with Crippen molar-refractivity contribution in [1.29, 1.82) is 0 Å². The Morgan fingerprint density at radius 2 is 0.410 bits per heavy atom. The average Bonchev–Trinajstić information content (AvgIpc) is 3.22. The molecule has 0 aromatic rings. The van der Waals surface area contributed by atoms with Crippen molar-refractivity contribution in [3.05, 3.63) is 36.5 Å². The van der Waals surface area contributed by atoms with E-state index in [1.54, 1.807) is 0 Å². The van der Waals surface area contributed by atoms with Crippen LogP contribution in [-0.2, 0) is 47.1 Å². The fourth-order valence-electron chi connectivity index (χ4n) is 7.04. The Morgan fingerprint density at radius 3 is 0.574 bits per heavy atom. The monoisotopic (exact) mass is 936 g/mol. The van der Waals surface area contributed by atoms with Crippen LogP contribution in [0.25, 0.3) is 0 Å². The molecule has 0 aliphatic heterocycles. The molecule has 0 aromatic carbocycles. The topological polar surface area (TPSA) is 112 Å². The van der Waals surface area contributed by atoms with Crippen molar-refractivity contribution in [2.75, 3.05) is 0 Å². The van der Waals surface area contributed by atoms with Gasteiger partial charge in [-0.2, -0.15) is 0 Å². The van der Waals surface area contributed by atoms with Gasteiger partial charge in [-0.1, -0.05) is 211 Å². The van der Waals surface area contributed by atoms with Gasteiger partial charge in [0, 0.05) is 52.0 Å². The zero-order chi connectivity index (χ0) is 44.7. The standard InChI is InChI=1S/3C18H34O2.Y/c3*1-2-3-4-5-6-7-8-9-10-11-12-13-14-15-16-17-18(19)20;/h3*7-8H,2-6,9-17H2,1H3,(H,19,20);/b3*8-7-;. The van der Waals surface area contributed by atoms with Gasteiger partial charge in [0.15, 0.2) is 0 Å². The van der Waals surface area contributed by atoms with Gasteiger partial charge in [-0.05, 0) is 96.3 Å². The van der Waals surface area contributed by atoms with Crippen LogP contribution in [0.5, 0.6) is 0 Å². The second-order valence-electron chi connectivity index (χ2n) is 17.2. The zero-order valence-corrected chi connectivity index (χ0v) is 43.6. The van der Waals surface area contributed by atoms with E-state index in [0.29, 0.717) is 19.3 Å². The number of hydrogen-bond acceptors (Lipinski definition) is 3. The number of carboxylic acid groups (broad SMARTS) is 3. The van der Waals surface area contributed by atoms with Crippen molar-refractivity contribution < 1.29 is 62.4 Å². The van der Waals surface area contributed by atoms with E-state index in [-0.39, 0.29) is 32.7 Å². The van der Waals surface area contributed by atoms with E-state index < -0.39 is 17.9 Å². The van der Waals surface area contributed by atoms with Crippen LogP contribution >= 0.6 is 0 Å². The molecule has 6 nitrogen and oxygen atoms in total. The van der Waals surface area contributed by atoms with Gasteiger partial charge >= 0.3 is 17.9 Å². The van der Waals surface area contributed by atoms with Crippen LogP contribution in [0, 0.1) is 0 Å². The molecule has 7 heteroatoms. The van der Waals surface area contributed by atoms with E-state index in [4.69, 9.17) is 15.3 Å². The number of rotatable bonds is 45. The van der Waals surface area contributed by atoms with Crippen LogP contribution in [0.4, 0.5) is 0 Å². The molecule has 0 unspecified atom stereocenters. The van der Waals surface area contributed by atoms with Gasteiger partial charge in [0.25, 0.3) is 0 Å². The summed E-state index contributed by atoms with van der Waals surface area (Å²) in [6.07, 6.45) is 63.7. The summed E-state index contributed by atoms with van der Waals surface area (Å²) < 4.78 is 0. The molecule has 0 spiro atoms. The summed E-state index contributed by atoms with van der Waals surface area (Å²) >= 11 is 0. The van der Waals surface area contributed by atoms with Crippen molar-refractivity contribution in [2.45, 2.75) is 290 Å². The third kappa shape index (κ3) is 76.4. The average molecular weight is 936 g/mol. The van der Waals surface area contributed by atoms with E-state index in [1.807, 2.05) is 0 Å². The predicted octanol–water partition coefficient (Wildman–Crippen LogP) is 18.3. The van der Waals surface area contributed by atoms with Crippen molar-refractivity contribution in [3.8, 4) is 0 Å². The zero-order valence-electron chi connectivity index (χ0n) is 40.8. The minimum absolute atomic E-state index is 0. The largest absolute Gasteiger partial charge is 0.481 e. The van der Waals surface area contributed by atoms with E-state index in [0.717, 1.165) is 38.5 Å². The molecule has 0 rings (SSSR count). The SMILES string of the molecule is CCCCCC/C=C\CCCCCCCCCC(=O)O.CCCCCC/C=C\CCCCCCCCCC(=O)O.CCCCCC/C=C\CCCCCCCCCC(=O)O.[Y]. The molecule has 0 fully saturated rings. The first-order valence-electron chi connectivity index (χ1n) is 25.9. The Balaban J connectivity index is -0.000000396. The van der Waals surface area contributed by atoms with Gasteiger partial charge in [0.1, 0.15) is 0 Å². The Bertz CT molecular complexity index is 827. The normalized spacial score (nSPS) is 11.1. The van der Waals surface area contributed by atoms with Crippen LogP contribution in [0.1, 0.15) is 290 Å². The summed E-state index contributed by atoms with van der Waals surface area (Å²) in [6.45, 7) is 6.76. The van der Waals surface area contributed by atoms with Crippen molar-refractivity contribution in [3.63, 3.8) is 0 Å². The first-order chi connectivity index (χ1) is 29.3. The molecular formula is C54H102O6Y. The second kappa shape index (κ2) is 63.0. The molecule has 0 heterocycles. The van der Waals surface area contributed by atoms with E-state index in [2.05, 4.69) is 57.2 Å². The number of hydrogen-bond donors (Lipinski definition) is 3. The first kappa shape index (κ1) is 66.3. The number of unbranched alkanes of at least 4 members (excludes halogenated alkanes) is 33. The summed E-state index contributed by atoms with van der Waals surface area (Å²) in [7, 11) is 0. The summed E-state index contributed by atoms with van der Waals surface area (Å²) in [6, 6.07) is 0. The first-order valence-corrected chi connectivity index (χ1v) is 25.9. The van der Waals surface area contributed by atoms with Crippen molar-refractivity contribution in [1.82, 2.24) is 0 Å². The molecule has 357 valence electrons. The van der Waals surface area contributed by atoms with Crippen molar-refractivity contribution in [2.24, 2.45) is 0 Å². The molecule has 61 heavy (non-hydrogen) atoms. The number of allylic oxidation sites excluding steroid dienone is 6. The third-order valence-corrected chi connectivity index (χ3v) is 11.0. The van der Waals surface area contributed by atoms with E-state index in [9.17, 15) is 14.4 Å². The molecule has 0 saturated carbocycles. The minimum Gasteiger partial charge on any atom is -0.481 e. The fraction of sp³-hybridized carbons (Fsp3) is 0.833. The Morgan fingerprint density at radius 1 is 0.262 bits per heavy atom. The van der Waals surface area contributed by atoms with Crippen LogP contribution in [0.3, 0.4) is 0 Å². The van der Waals surface area contributed by atoms with Crippen LogP contribution in [0.2, 0.25) is 0 Å². The Kier molecular flexibility index (Phi) is 68.5. The quantitative estimate of drug-likeness (QED) is 0.0414. The molecule has 0 atom stereocenters. The molecule has 0 amide bonds. The van der Waals surface area contributed by atoms with Gasteiger partial charge in [-0.3, -0.25) is 14.4 Å². The van der Waals surface area contributed by atoms with Crippen molar-refractivity contribution >= 4 is 17.9 Å². The predicted molar refractivity (Wildman–Crippen MR) is 261 cm³/mol. The summed E-state index contributed by atoms with van der Waals surface area (Å²) in [5.74, 6) is -1.98. The molecule has 1 radical (unpaired) electrons. The smallest absolute Gasteiger partial charge is 0.303 e. The molecule has 0 aliphatic rings. The molecule has 0 saturated heterocycles. The van der Waals surface area contributed by atoms with Crippen LogP contribution < -0.4 is 0 Å². The second-order valence-corrected chi connectivity index (χ2v) is 17.2. The summed E-state index contributed by atoms with van der Waals surface area (Å²) in [5.41, 5.74) is 0. The number of aliphatic carboxylic acids is 3. The van der Waals surface area contributed by atoms with Crippen LogP contribution in [0.15, 0.2) is 36.5 Å². The minimum atomic E-state index is -0.661. The molecule has 0 aromatic heterocycles. The van der Waals surface area contributed by atoms with Crippen LogP contribution in [-0.4, -0.2) is 33.2 Å². The maximum atomic E-state index is 10.3. The number of carbonyl (C=O) groups is 3. The van der Waals surface area contributed by atoms with Gasteiger partial charge < -0.3 is 15.3 Å². The molecule has 0 aliphatic carbocycles.